The molecule has 2 N–H and O–H groups in total. The lowest BCUT2D eigenvalue weighted by Crippen LogP contribution is -2.18. The van der Waals surface area contributed by atoms with E-state index in [0.717, 1.165) is 0 Å². The van der Waals surface area contributed by atoms with Crippen molar-refractivity contribution in [1.29, 1.82) is 0 Å². The topological polar surface area (TPSA) is 94.3 Å². The Morgan fingerprint density at radius 2 is 1.76 bits per heavy atom. The first-order valence-corrected chi connectivity index (χ1v) is 8.53. The van der Waals surface area contributed by atoms with Crippen molar-refractivity contribution in [1.82, 2.24) is 0 Å². The molecule has 0 heterocycles. The molecule has 0 spiro atoms. The molecule has 1 rings (SSSR count). The average Bonchev–Trinajstić information content (AvgIpc) is 2.27. The van der Waals surface area contributed by atoms with E-state index >= 15 is 0 Å². The third-order valence-electron chi connectivity index (χ3n) is 2.32. The summed E-state index contributed by atoms with van der Waals surface area (Å²) in [6, 6.07) is 5.83. The number of rotatable bonds is 5. The summed E-state index contributed by atoms with van der Waals surface area (Å²) in [5.41, 5.74) is 5.82. The zero-order valence-electron chi connectivity index (χ0n) is 9.46. The van der Waals surface area contributed by atoms with E-state index in [2.05, 4.69) is 0 Å². The SMILES string of the molecule is CCS(=O)(=O)CCS(=O)(=O)c1cccc(N)c1. The third kappa shape index (κ3) is 4.01. The number of benzene rings is 1. The van der Waals surface area contributed by atoms with Crippen LogP contribution in [0.1, 0.15) is 6.92 Å². The Hall–Kier alpha value is -1.08. The van der Waals surface area contributed by atoms with Crippen LogP contribution in [0, 0.1) is 0 Å². The number of anilines is 1. The Labute approximate surface area is 101 Å². The normalized spacial score (nSPS) is 12.5. The first-order chi connectivity index (χ1) is 7.77. The van der Waals surface area contributed by atoms with Gasteiger partial charge in [0.15, 0.2) is 19.7 Å². The van der Waals surface area contributed by atoms with Crippen molar-refractivity contribution < 1.29 is 16.8 Å². The molecule has 0 fully saturated rings. The largest absolute Gasteiger partial charge is 0.399 e. The molecular weight excluding hydrogens is 262 g/mol. The van der Waals surface area contributed by atoms with E-state index in [9.17, 15) is 16.8 Å². The van der Waals surface area contributed by atoms with Crippen molar-refractivity contribution in [3.8, 4) is 0 Å². The van der Waals surface area contributed by atoms with Gasteiger partial charge in [-0.05, 0) is 18.2 Å². The number of hydrogen-bond donors (Lipinski definition) is 1. The van der Waals surface area contributed by atoms with Crippen molar-refractivity contribution in [2.45, 2.75) is 11.8 Å². The van der Waals surface area contributed by atoms with Crippen LogP contribution in [0.5, 0.6) is 0 Å². The summed E-state index contributed by atoms with van der Waals surface area (Å²) in [4.78, 5) is 0.0591. The summed E-state index contributed by atoms with van der Waals surface area (Å²) < 4.78 is 46.2. The average molecular weight is 277 g/mol. The van der Waals surface area contributed by atoms with Crippen LogP contribution in [0.25, 0.3) is 0 Å². The molecule has 1 aromatic rings. The molecule has 0 aliphatic rings. The molecule has 96 valence electrons. The van der Waals surface area contributed by atoms with Crippen molar-refractivity contribution in [2.24, 2.45) is 0 Å². The molecule has 5 nitrogen and oxygen atoms in total. The van der Waals surface area contributed by atoms with Gasteiger partial charge in [-0.3, -0.25) is 0 Å². The molecule has 0 saturated carbocycles. The molecule has 0 bridgehead atoms. The van der Waals surface area contributed by atoms with Crippen LogP contribution in [-0.4, -0.2) is 34.1 Å². The summed E-state index contributed by atoms with van der Waals surface area (Å²) in [5.74, 6) is -0.827. The molecule has 17 heavy (non-hydrogen) atoms. The quantitative estimate of drug-likeness (QED) is 0.790. The lowest BCUT2D eigenvalue weighted by Gasteiger charge is -2.05. The fourth-order valence-corrected chi connectivity index (χ4v) is 4.23. The predicted molar refractivity (Wildman–Crippen MR) is 67.2 cm³/mol. The predicted octanol–water partition coefficient (Wildman–Crippen LogP) is 0.477. The molecule has 0 saturated heterocycles. The Bertz CT molecular complexity index is 590. The summed E-state index contributed by atoms with van der Waals surface area (Å²) >= 11 is 0. The molecule has 0 unspecified atom stereocenters. The molecule has 7 heteroatoms. The zero-order valence-corrected chi connectivity index (χ0v) is 11.1. The van der Waals surface area contributed by atoms with Crippen LogP contribution < -0.4 is 5.73 Å². The van der Waals surface area contributed by atoms with Gasteiger partial charge in [-0.15, -0.1) is 0 Å². The van der Waals surface area contributed by atoms with Gasteiger partial charge in [-0.25, -0.2) is 16.8 Å². The van der Waals surface area contributed by atoms with Crippen LogP contribution >= 0.6 is 0 Å². The monoisotopic (exact) mass is 277 g/mol. The van der Waals surface area contributed by atoms with Crippen molar-refractivity contribution in [3.05, 3.63) is 24.3 Å². The first kappa shape index (κ1) is 14.0. The van der Waals surface area contributed by atoms with Crippen LogP contribution in [0.4, 0.5) is 5.69 Å². The Kier molecular flexibility index (Phi) is 4.16. The van der Waals surface area contributed by atoms with Crippen molar-refractivity contribution in [2.75, 3.05) is 23.0 Å². The van der Waals surface area contributed by atoms with Crippen LogP contribution in [-0.2, 0) is 19.7 Å². The van der Waals surface area contributed by atoms with E-state index in [1.807, 2.05) is 0 Å². The van der Waals surface area contributed by atoms with Gasteiger partial charge in [0.2, 0.25) is 0 Å². The zero-order chi connectivity index (χ0) is 13.1. The number of hydrogen-bond acceptors (Lipinski definition) is 5. The number of nitrogen functional groups attached to an aromatic ring is 1. The molecule has 0 aromatic heterocycles. The maximum absolute atomic E-state index is 11.8. The van der Waals surface area contributed by atoms with Crippen LogP contribution in [0.2, 0.25) is 0 Å². The molecule has 0 aliphatic carbocycles. The standard InChI is InChI=1S/C10H15NO4S2/c1-2-16(12,13)6-7-17(14,15)10-5-3-4-9(11)8-10/h3-5,8H,2,6-7,11H2,1H3. The highest BCUT2D eigenvalue weighted by molar-refractivity contribution is 7.95. The van der Waals surface area contributed by atoms with Crippen LogP contribution in [0.15, 0.2) is 29.2 Å². The minimum Gasteiger partial charge on any atom is -0.399 e. The van der Waals surface area contributed by atoms with Crippen molar-refractivity contribution >= 4 is 25.4 Å². The summed E-state index contributed by atoms with van der Waals surface area (Å²) in [7, 11) is -6.87. The molecule has 0 radical (unpaired) electrons. The first-order valence-electron chi connectivity index (χ1n) is 5.05. The highest BCUT2D eigenvalue weighted by Crippen LogP contribution is 2.14. The molecule has 0 amide bonds. The van der Waals surface area contributed by atoms with Gasteiger partial charge in [-0.2, -0.15) is 0 Å². The van der Waals surface area contributed by atoms with Gasteiger partial charge in [0.05, 0.1) is 16.4 Å². The summed E-state index contributed by atoms with van der Waals surface area (Å²) in [6.45, 7) is 1.49. The van der Waals surface area contributed by atoms with E-state index in [1.165, 1.54) is 25.1 Å². The lowest BCUT2D eigenvalue weighted by molar-refractivity contribution is 0.588. The smallest absolute Gasteiger partial charge is 0.179 e. The third-order valence-corrected chi connectivity index (χ3v) is 6.00. The Morgan fingerprint density at radius 3 is 2.29 bits per heavy atom. The van der Waals surface area contributed by atoms with E-state index in [1.54, 1.807) is 6.07 Å². The molecular formula is C10H15NO4S2. The maximum Gasteiger partial charge on any atom is 0.179 e. The number of nitrogens with two attached hydrogens (primary N) is 1. The highest BCUT2D eigenvalue weighted by atomic mass is 32.2. The van der Waals surface area contributed by atoms with Crippen molar-refractivity contribution in [3.63, 3.8) is 0 Å². The van der Waals surface area contributed by atoms with E-state index in [0.29, 0.717) is 5.69 Å². The second-order valence-electron chi connectivity index (χ2n) is 3.63. The summed E-state index contributed by atoms with van der Waals surface area (Å²) in [6.07, 6.45) is 0. The summed E-state index contributed by atoms with van der Waals surface area (Å²) in [5, 5.41) is 0. The minimum atomic E-state index is -3.59. The number of sulfone groups is 2. The van der Waals surface area contributed by atoms with E-state index in [-0.39, 0.29) is 16.4 Å². The highest BCUT2D eigenvalue weighted by Gasteiger charge is 2.18. The maximum atomic E-state index is 11.8. The van der Waals surface area contributed by atoms with E-state index in [4.69, 9.17) is 5.73 Å². The van der Waals surface area contributed by atoms with Gasteiger partial charge >= 0.3 is 0 Å². The van der Waals surface area contributed by atoms with Gasteiger partial charge in [0, 0.05) is 11.4 Å². The van der Waals surface area contributed by atoms with Gasteiger partial charge in [0.1, 0.15) is 0 Å². The fraction of sp³-hybridized carbons (Fsp3) is 0.400. The Balaban J connectivity index is 2.91. The molecule has 1 aromatic carbocycles. The molecule has 0 aliphatic heterocycles. The fourth-order valence-electron chi connectivity index (χ4n) is 1.21. The van der Waals surface area contributed by atoms with Gasteiger partial charge in [0.25, 0.3) is 0 Å². The second-order valence-corrected chi connectivity index (χ2v) is 8.21. The van der Waals surface area contributed by atoms with Gasteiger partial charge in [-0.1, -0.05) is 13.0 Å². The molecule has 0 atom stereocenters. The van der Waals surface area contributed by atoms with Gasteiger partial charge < -0.3 is 5.73 Å². The van der Waals surface area contributed by atoms with E-state index < -0.39 is 25.4 Å². The van der Waals surface area contributed by atoms with Crippen LogP contribution in [0.3, 0.4) is 0 Å². The minimum absolute atomic E-state index is 0.0561. The second kappa shape index (κ2) is 5.05. The lowest BCUT2D eigenvalue weighted by atomic mass is 10.3. The Morgan fingerprint density at radius 1 is 1.12 bits per heavy atom.